The highest BCUT2D eigenvalue weighted by molar-refractivity contribution is 7.18. The number of carbonyl (C=O) groups excluding carboxylic acids is 3. The van der Waals surface area contributed by atoms with Crippen molar-refractivity contribution in [2.75, 3.05) is 31.5 Å². The number of benzene rings is 1. The van der Waals surface area contributed by atoms with Crippen LogP contribution in [0.1, 0.15) is 20.9 Å². The van der Waals surface area contributed by atoms with Gasteiger partial charge in [0.15, 0.2) is 29.0 Å². The van der Waals surface area contributed by atoms with Crippen molar-refractivity contribution in [1.82, 2.24) is 4.98 Å². The van der Waals surface area contributed by atoms with E-state index in [1.807, 2.05) is 0 Å². The molecule has 2 heterocycles. The molecular weight excluding hydrogens is 460 g/mol. The molecule has 3 rings (SSSR count). The molecule has 0 unspecified atom stereocenters. The van der Waals surface area contributed by atoms with E-state index >= 15 is 0 Å². The molecule has 13 nitrogen and oxygen atoms in total. The molecule has 33 heavy (non-hydrogen) atoms. The number of furan rings is 1. The fourth-order valence-electron chi connectivity index (χ4n) is 2.51. The third-order valence-electron chi connectivity index (χ3n) is 3.99. The number of ether oxygens (including phenoxy) is 3. The lowest BCUT2D eigenvalue weighted by Gasteiger charge is -2.15. The van der Waals surface area contributed by atoms with Crippen molar-refractivity contribution in [3.8, 4) is 11.5 Å². The minimum atomic E-state index is -0.953. The van der Waals surface area contributed by atoms with E-state index < -0.39 is 29.3 Å². The lowest BCUT2D eigenvalue weighted by atomic mass is 10.1. The second-order valence-corrected chi connectivity index (χ2v) is 7.08. The number of nitro groups is 1. The van der Waals surface area contributed by atoms with Gasteiger partial charge in [0.2, 0.25) is 0 Å². The fraction of sp³-hybridized carbons (Fsp3) is 0.158. The zero-order valence-electron chi connectivity index (χ0n) is 17.1. The predicted molar refractivity (Wildman–Crippen MR) is 114 cm³/mol. The molecule has 0 atom stereocenters. The Balaban J connectivity index is 1.74. The summed E-state index contributed by atoms with van der Waals surface area (Å²) in [6.07, 6.45) is 2.30. The Labute approximate surface area is 189 Å². The van der Waals surface area contributed by atoms with Crippen molar-refractivity contribution >= 4 is 44.9 Å². The van der Waals surface area contributed by atoms with E-state index in [-0.39, 0.29) is 38.6 Å². The summed E-state index contributed by atoms with van der Waals surface area (Å²) in [5.41, 5.74) is -0.0970. The maximum Gasteiger partial charge on any atom is 0.345 e. The molecule has 14 heteroatoms. The van der Waals surface area contributed by atoms with Gasteiger partial charge in [0.25, 0.3) is 11.8 Å². The third kappa shape index (κ3) is 5.62. The summed E-state index contributed by atoms with van der Waals surface area (Å²) in [5, 5.41) is 15.2. The molecule has 172 valence electrons. The molecule has 0 aliphatic carbocycles. The van der Waals surface area contributed by atoms with Crippen LogP contribution in [0.5, 0.6) is 11.5 Å². The highest BCUT2D eigenvalue weighted by Gasteiger charge is 2.22. The standard InChI is InChI=1S/C19H16N4O9S/c1-29-13-6-10(11(7-14(13)30-2)21-17(25)12-4-3-5-31-12)18(26)32-9-15(24)22-19-20-8-16(33-19)23(27)28/h3-8H,9H2,1-2H3,(H,21,25)(H,20,22,24). The molecule has 0 fully saturated rings. The molecule has 0 aliphatic heterocycles. The lowest BCUT2D eigenvalue weighted by molar-refractivity contribution is -0.380. The van der Waals surface area contributed by atoms with Crippen LogP contribution in [-0.4, -0.2) is 48.5 Å². The number of rotatable bonds is 9. The lowest BCUT2D eigenvalue weighted by Crippen LogP contribution is -2.22. The van der Waals surface area contributed by atoms with E-state index in [9.17, 15) is 24.5 Å². The van der Waals surface area contributed by atoms with Crippen LogP contribution in [0.4, 0.5) is 15.8 Å². The van der Waals surface area contributed by atoms with Gasteiger partial charge in [-0.1, -0.05) is 0 Å². The monoisotopic (exact) mass is 476 g/mol. The molecular formula is C19H16N4O9S. The fourth-order valence-corrected chi connectivity index (χ4v) is 3.16. The minimum absolute atomic E-state index is 0.000946. The Bertz CT molecular complexity index is 1190. The number of hydrogen-bond acceptors (Lipinski definition) is 11. The van der Waals surface area contributed by atoms with Crippen molar-refractivity contribution < 1.29 is 37.9 Å². The summed E-state index contributed by atoms with van der Waals surface area (Å²) in [6, 6.07) is 5.59. The van der Waals surface area contributed by atoms with E-state index in [1.165, 1.54) is 44.7 Å². The summed E-state index contributed by atoms with van der Waals surface area (Å²) in [6.45, 7) is -0.716. The number of aromatic nitrogens is 1. The second kappa shape index (κ2) is 10.2. The molecule has 0 saturated heterocycles. The Hall–Kier alpha value is -4.46. The number of thiazole rings is 1. The van der Waals surface area contributed by atoms with E-state index in [0.29, 0.717) is 11.3 Å². The topological polar surface area (TPSA) is 172 Å². The van der Waals surface area contributed by atoms with Crippen LogP contribution in [0.25, 0.3) is 0 Å². The highest BCUT2D eigenvalue weighted by Crippen LogP contribution is 2.34. The van der Waals surface area contributed by atoms with Gasteiger partial charge in [-0.05, 0) is 23.5 Å². The maximum atomic E-state index is 12.7. The van der Waals surface area contributed by atoms with Crippen LogP contribution < -0.4 is 20.1 Å². The van der Waals surface area contributed by atoms with E-state index in [2.05, 4.69) is 15.6 Å². The van der Waals surface area contributed by atoms with E-state index in [1.54, 1.807) is 0 Å². The first-order chi connectivity index (χ1) is 15.8. The van der Waals surface area contributed by atoms with Crippen molar-refractivity contribution in [3.05, 3.63) is 58.2 Å². The minimum Gasteiger partial charge on any atom is -0.493 e. The van der Waals surface area contributed by atoms with E-state index in [4.69, 9.17) is 18.6 Å². The molecule has 2 amide bonds. The van der Waals surface area contributed by atoms with Crippen LogP contribution in [0.3, 0.4) is 0 Å². The molecule has 0 aliphatic rings. The van der Waals surface area contributed by atoms with Gasteiger partial charge in [-0.25, -0.2) is 9.78 Å². The first-order valence-corrected chi connectivity index (χ1v) is 9.82. The number of amides is 2. The predicted octanol–water partition coefficient (Wildman–Crippen LogP) is 2.71. The van der Waals surface area contributed by atoms with Gasteiger partial charge in [-0.2, -0.15) is 0 Å². The molecule has 3 aromatic rings. The number of hydrogen-bond donors (Lipinski definition) is 2. The Kier molecular flexibility index (Phi) is 7.20. The first-order valence-electron chi connectivity index (χ1n) is 9.00. The molecule has 2 aromatic heterocycles. The quantitative estimate of drug-likeness (QED) is 0.266. The number of nitrogens with zero attached hydrogens (tertiary/aromatic N) is 2. The average Bonchev–Trinajstić information content (AvgIpc) is 3.49. The van der Waals surface area contributed by atoms with Crippen molar-refractivity contribution in [2.24, 2.45) is 0 Å². The molecule has 0 bridgehead atoms. The number of anilines is 2. The van der Waals surface area contributed by atoms with Gasteiger partial charge >= 0.3 is 11.0 Å². The summed E-state index contributed by atoms with van der Waals surface area (Å²) < 4.78 is 20.4. The number of methoxy groups -OCH3 is 2. The van der Waals surface area contributed by atoms with Crippen molar-refractivity contribution in [3.63, 3.8) is 0 Å². The van der Waals surface area contributed by atoms with Crippen LogP contribution in [0, 0.1) is 10.1 Å². The molecule has 0 saturated carbocycles. The Morgan fingerprint density at radius 2 is 1.91 bits per heavy atom. The number of carbonyl (C=O) groups is 3. The summed E-state index contributed by atoms with van der Waals surface area (Å²) in [5.74, 6) is -1.95. The smallest absolute Gasteiger partial charge is 0.345 e. The zero-order valence-corrected chi connectivity index (χ0v) is 18.0. The zero-order chi connectivity index (χ0) is 24.0. The normalized spacial score (nSPS) is 10.2. The maximum absolute atomic E-state index is 12.7. The van der Waals surface area contributed by atoms with Crippen molar-refractivity contribution in [2.45, 2.75) is 0 Å². The van der Waals surface area contributed by atoms with Crippen LogP contribution in [-0.2, 0) is 9.53 Å². The molecule has 0 radical (unpaired) electrons. The molecule has 0 spiro atoms. The van der Waals surface area contributed by atoms with E-state index in [0.717, 1.165) is 6.20 Å². The van der Waals surface area contributed by atoms with Crippen LogP contribution in [0.15, 0.2) is 41.1 Å². The Morgan fingerprint density at radius 3 is 2.52 bits per heavy atom. The van der Waals surface area contributed by atoms with Gasteiger partial charge in [0.1, 0.15) is 6.20 Å². The Morgan fingerprint density at radius 1 is 1.18 bits per heavy atom. The van der Waals surface area contributed by atoms with Crippen molar-refractivity contribution in [1.29, 1.82) is 0 Å². The summed E-state index contributed by atoms with van der Waals surface area (Å²) >= 11 is 0.647. The van der Waals surface area contributed by atoms with Crippen LogP contribution >= 0.6 is 11.3 Å². The summed E-state index contributed by atoms with van der Waals surface area (Å²) in [4.78, 5) is 50.8. The molecule has 2 N–H and O–H groups in total. The summed E-state index contributed by atoms with van der Waals surface area (Å²) in [7, 11) is 2.73. The first kappa shape index (κ1) is 23.2. The van der Waals surface area contributed by atoms with Crippen LogP contribution in [0.2, 0.25) is 0 Å². The second-order valence-electron chi connectivity index (χ2n) is 6.07. The molecule has 1 aromatic carbocycles. The van der Waals surface area contributed by atoms with Gasteiger partial charge in [-0.3, -0.25) is 25.0 Å². The largest absolute Gasteiger partial charge is 0.493 e. The van der Waals surface area contributed by atoms with Gasteiger partial charge < -0.3 is 23.9 Å². The highest BCUT2D eigenvalue weighted by atomic mass is 32.1. The number of nitrogens with one attached hydrogen (secondary N) is 2. The van der Waals surface area contributed by atoms with Gasteiger partial charge in [0, 0.05) is 12.1 Å². The SMILES string of the molecule is COc1cc(NC(=O)c2ccco2)c(C(=O)OCC(=O)Nc2ncc([N+](=O)[O-])s2)cc1OC. The average molecular weight is 476 g/mol. The third-order valence-corrected chi connectivity index (χ3v) is 4.86. The van der Waals surface area contributed by atoms with Gasteiger partial charge in [0.05, 0.1) is 36.7 Å². The number of esters is 1. The van der Waals surface area contributed by atoms with Gasteiger partial charge in [-0.15, -0.1) is 0 Å².